The van der Waals surface area contributed by atoms with E-state index in [1.807, 2.05) is 6.92 Å². The van der Waals surface area contributed by atoms with Gasteiger partial charge in [0.1, 0.15) is 11.6 Å². The topological polar surface area (TPSA) is 40.6 Å². The van der Waals surface area contributed by atoms with Gasteiger partial charge in [0.15, 0.2) is 0 Å². The molecule has 5 rings (SSSR count). The van der Waals surface area contributed by atoms with Crippen LogP contribution in [0.2, 0.25) is 0 Å². The van der Waals surface area contributed by atoms with E-state index in [4.69, 9.17) is 0 Å². The molecule has 0 aliphatic carbocycles. The van der Waals surface area contributed by atoms with Gasteiger partial charge in [-0.05, 0) is 56.0 Å². The molecule has 4 aliphatic rings. The monoisotopic (exact) mass is 362 g/mol. The number of ketones is 1. The van der Waals surface area contributed by atoms with Crippen LogP contribution >= 0.6 is 0 Å². The molecule has 3 atom stereocenters. The summed E-state index contributed by atoms with van der Waals surface area (Å²) in [6, 6.07) is 3.63. The molecule has 0 aromatic heterocycles. The van der Waals surface area contributed by atoms with E-state index >= 15 is 0 Å². The van der Waals surface area contributed by atoms with E-state index in [0.717, 1.165) is 32.0 Å². The van der Waals surface area contributed by atoms with Crippen LogP contribution < -0.4 is 0 Å². The number of Topliss-reactive ketones (excluding diaryl/α,β-unsaturated/α-hetero) is 1. The third kappa shape index (κ3) is 2.84. The first-order valence-corrected chi connectivity index (χ1v) is 9.53. The van der Waals surface area contributed by atoms with Crippen molar-refractivity contribution in [2.24, 2.45) is 5.92 Å². The van der Waals surface area contributed by atoms with Crippen molar-refractivity contribution in [2.75, 3.05) is 19.6 Å². The highest BCUT2D eigenvalue weighted by molar-refractivity contribution is 6.36. The van der Waals surface area contributed by atoms with Crippen LogP contribution in [-0.2, 0) is 9.59 Å². The fraction of sp³-hybridized carbons (Fsp3) is 0.600. The maximum Gasteiger partial charge on any atom is 0.290 e. The molecule has 1 amide bonds. The number of hydrogen-bond acceptors (Lipinski definition) is 3. The van der Waals surface area contributed by atoms with E-state index in [0.29, 0.717) is 24.4 Å². The summed E-state index contributed by atoms with van der Waals surface area (Å²) in [5.41, 5.74) is 0.586. The molecule has 0 spiro atoms. The summed E-state index contributed by atoms with van der Waals surface area (Å²) in [6.45, 7) is 4.14. The van der Waals surface area contributed by atoms with Gasteiger partial charge in [0.2, 0.25) is 5.78 Å². The summed E-state index contributed by atoms with van der Waals surface area (Å²) in [5.74, 6) is -1.76. The van der Waals surface area contributed by atoms with E-state index in [-0.39, 0.29) is 30.2 Å². The quantitative estimate of drug-likeness (QED) is 0.774. The van der Waals surface area contributed by atoms with Crippen molar-refractivity contribution in [3.63, 3.8) is 0 Å². The average molecular weight is 362 g/mol. The zero-order chi connectivity index (χ0) is 18.4. The second kappa shape index (κ2) is 6.72. The van der Waals surface area contributed by atoms with Crippen LogP contribution in [-0.4, -0.2) is 53.2 Å². The number of halogens is 2. The molecule has 140 valence electrons. The first-order chi connectivity index (χ1) is 12.5. The number of hydrogen-bond donors (Lipinski definition) is 0. The van der Waals surface area contributed by atoms with Gasteiger partial charge < -0.3 is 4.90 Å². The Hall–Kier alpha value is -1.82. The molecule has 0 unspecified atom stereocenters. The summed E-state index contributed by atoms with van der Waals surface area (Å²) < 4.78 is 27.6. The van der Waals surface area contributed by atoms with Crippen LogP contribution in [0, 0.1) is 17.6 Å². The van der Waals surface area contributed by atoms with Crippen molar-refractivity contribution < 1.29 is 18.4 Å². The van der Waals surface area contributed by atoms with Gasteiger partial charge >= 0.3 is 0 Å². The summed E-state index contributed by atoms with van der Waals surface area (Å²) >= 11 is 0. The molecule has 4 heterocycles. The van der Waals surface area contributed by atoms with Gasteiger partial charge in [0.25, 0.3) is 5.91 Å². The normalized spacial score (nSPS) is 32.6. The number of carbonyl (C=O) groups excluding carboxylic acids is 2. The Labute approximate surface area is 152 Å². The van der Waals surface area contributed by atoms with E-state index in [2.05, 4.69) is 4.90 Å². The van der Waals surface area contributed by atoms with Crippen molar-refractivity contribution in [1.82, 2.24) is 9.80 Å². The van der Waals surface area contributed by atoms with Gasteiger partial charge in [-0.1, -0.05) is 6.92 Å². The number of piperidine rings is 3. The predicted molar refractivity (Wildman–Crippen MR) is 92.6 cm³/mol. The van der Waals surface area contributed by atoms with Crippen molar-refractivity contribution in [1.29, 1.82) is 0 Å². The van der Waals surface area contributed by atoms with Crippen molar-refractivity contribution >= 4 is 11.7 Å². The highest BCUT2D eigenvalue weighted by atomic mass is 19.1. The number of fused-ring (bicyclic) bond motifs is 2. The molecule has 4 fully saturated rings. The molecule has 4 saturated heterocycles. The Morgan fingerprint density at radius 3 is 2.35 bits per heavy atom. The lowest BCUT2D eigenvalue weighted by Gasteiger charge is -2.51. The lowest BCUT2D eigenvalue weighted by atomic mass is 9.75. The van der Waals surface area contributed by atoms with E-state index in [1.165, 1.54) is 12.1 Å². The average Bonchev–Trinajstić information content (AvgIpc) is 3.04. The van der Waals surface area contributed by atoms with Crippen LogP contribution in [0.1, 0.15) is 44.1 Å². The van der Waals surface area contributed by atoms with E-state index in [1.54, 1.807) is 4.90 Å². The zero-order valence-corrected chi connectivity index (χ0v) is 15.0. The number of rotatable bonds is 4. The molecule has 4 aliphatic heterocycles. The minimum Gasteiger partial charge on any atom is -0.331 e. The van der Waals surface area contributed by atoms with Gasteiger partial charge in [-0.3, -0.25) is 14.5 Å². The molecule has 1 aromatic rings. The Morgan fingerprint density at radius 1 is 1.08 bits per heavy atom. The van der Waals surface area contributed by atoms with Crippen molar-refractivity contribution in [2.45, 2.75) is 50.6 Å². The van der Waals surface area contributed by atoms with Crippen LogP contribution in [0.3, 0.4) is 0 Å². The highest BCUT2D eigenvalue weighted by Crippen LogP contribution is 2.46. The molecule has 6 heteroatoms. The maximum atomic E-state index is 13.8. The Morgan fingerprint density at radius 2 is 1.73 bits per heavy atom. The first-order valence-electron chi connectivity index (χ1n) is 9.53. The molecule has 0 radical (unpaired) electrons. The third-order valence-corrected chi connectivity index (χ3v) is 6.28. The van der Waals surface area contributed by atoms with Gasteiger partial charge in [-0.15, -0.1) is 0 Å². The summed E-state index contributed by atoms with van der Waals surface area (Å²) in [5, 5.41) is 0. The van der Waals surface area contributed by atoms with Crippen LogP contribution in [0.15, 0.2) is 18.2 Å². The number of nitrogens with zero attached hydrogens (tertiary/aromatic N) is 2. The lowest BCUT2D eigenvalue weighted by Crippen LogP contribution is -2.61. The molecule has 0 N–H and O–H groups in total. The fourth-order valence-electron chi connectivity index (χ4n) is 5.23. The predicted octanol–water partition coefficient (Wildman–Crippen LogP) is 2.72. The minimum absolute atomic E-state index is 0.0258. The fourth-order valence-corrected chi connectivity index (χ4v) is 5.23. The molecular formula is C20H24F2N2O2. The largest absolute Gasteiger partial charge is 0.331 e. The molecule has 2 bridgehead atoms. The Balaban J connectivity index is 1.70. The second-order valence-electron chi connectivity index (χ2n) is 7.79. The molecule has 1 aromatic carbocycles. The van der Waals surface area contributed by atoms with Crippen LogP contribution in [0.25, 0.3) is 0 Å². The lowest BCUT2D eigenvalue weighted by molar-refractivity contribution is -0.147. The van der Waals surface area contributed by atoms with Crippen LogP contribution in [0.4, 0.5) is 8.78 Å². The first kappa shape index (κ1) is 17.6. The van der Waals surface area contributed by atoms with E-state index in [9.17, 15) is 18.4 Å². The molecule has 4 nitrogen and oxygen atoms in total. The van der Waals surface area contributed by atoms with Crippen molar-refractivity contribution in [3.05, 3.63) is 35.4 Å². The molecule has 26 heavy (non-hydrogen) atoms. The highest BCUT2D eigenvalue weighted by Gasteiger charge is 2.55. The van der Waals surface area contributed by atoms with E-state index < -0.39 is 17.5 Å². The van der Waals surface area contributed by atoms with Crippen LogP contribution in [0.5, 0.6) is 0 Å². The van der Waals surface area contributed by atoms with Gasteiger partial charge in [-0.2, -0.15) is 0 Å². The maximum absolute atomic E-state index is 13.8. The standard InChI is InChI=1S/C20H24F2N2O2/c1-2-3-17(25)20(26)24-11-16(13-8-14(21)10-15(22)9-13)19-18(24)12-4-6-23(19)7-5-12/h8-10,12,16,18-19H,2-7,11H2,1H3/t16-,18+,19+/m1/s1. The number of benzene rings is 1. The van der Waals surface area contributed by atoms with Gasteiger partial charge in [0, 0.05) is 31.0 Å². The minimum atomic E-state index is -0.598. The summed E-state index contributed by atoms with van der Waals surface area (Å²) in [7, 11) is 0. The van der Waals surface area contributed by atoms with Crippen molar-refractivity contribution in [3.8, 4) is 0 Å². The second-order valence-corrected chi connectivity index (χ2v) is 7.79. The Kier molecular flexibility index (Phi) is 4.55. The zero-order valence-electron chi connectivity index (χ0n) is 15.0. The van der Waals surface area contributed by atoms with Gasteiger partial charge in [-0.25, -0.2) is 8.78 Å². The SMILES string of the molecule is CCCC(=O)C(=O)N1C[C@H](c2cc(F)cc(F)c2)[C@H]2[C@@H]1C1CCN2CC1. The smallest absolute Gasteiger partial charge is 0.290 e. The van der Waals surface area contributed by atoms with Gasteiger partial charge in [0.05, 0.1) is 6.04 Å². The molecule has 0 saturated carbocycles. The number of carbonyl (C=O) groups is 2. The third-order valence-electron chi connectivity index (χ3n) is 6.28. The number of amides is 1. The molecular weight excluding hydrogens is 338 g/mol. The number of likely N-dealkylation sites (tertiary alicyclic amines) is 1. The summed E-state index contributed by atoms with van der Waals surface area (Å²) in [4.78, 5) is 29.1. The Bertz CT molecular complexity index is 710. The summed E-state index contributed by atoms with van der Waals surface area (Å²) in [6.07, 6.45) is 2.91.